The summed E-state index contributed by atoms with van der Waals surface area (Å²) in [4.78, 5) is 0. The topological polar surface area (TPSA) is 39.2 Å². The first kappa shape index (κ1) is 10.3. The van der Waals surface area contributed by atoms with Crippen LogP contribution in [0.3, 0.4) is 0 Å². The molecule has 0 saturated heterocycles. The lowest BCUT2D eigenvalue weighted by Gasteiger charge is -2.26. The lowest BCUT2D eigenvalue weighted by atomic mass is 9.88. The van der Waals surface area contributed by atoms with Crippen LogP contribution in [0, 0.1) is 5.92 Å². The Morgan fingerprint density at radius 3 is 2.69 bits per heavy atom. The highest BCUT2D eigenvalue weighted by Gasteiger charge is 2.33. The average Bonchev–Trinajstić information content (AvgIpc) is 2.56. The number of halogens is 1. The summed E-state index contributed by atoms with van der Waals surface area (Å²) in [6, 6.07) is 3.53. The van der Waals surface area contributed by atoms with Crippen molar-refractivity contribution in [3.05, 3.63) is 24.2 Å². The van der Waals surface area contributed by atoms with Crippen LogP contribution in [0.2, 0.25) is 0 Å². The van der Waals surface area contributed by atoms with Gasteiger partial charge in [-0.1, -0.05) is 13.8 Å². The van der Waals surface area contributed by atoms with Gasteiger partial charge >= 0.3 is 0 Å². The number of alkyl halides is 1. The van der Waals surface area contributed by atoms with Crippen LogP contribution < -0.4 is 5.73 Å². The molecular weight excluding hydrogens is 169 g/mol. The molecule has 2 nitrogen and oxygen atoms in total. The maximum atomic E-state index is 14.0. The van der Waals surface area contributed by atoms with E-state index in [1.807, 2.05) is 13.8 Å². The third-order valence-corrected chi connectivity index (χ3v) is 2.42. The van der Waals surface area contributed by atoms with Crippen molar-refractivity contribution in [2.45, 2.75) is 25.9 Å². The first-order chi connectivity index (χ1) is 6.08. The fourth-order valence-electron chi connectivity index (χ4n) is 1.21. The van der Waals surface area contributed by atoms with E-state index in [1.165, 1.54) is 0 Å². The zero-order chi connectivity index (χ0) is 9.90. The molecule has 0 aliphatic carbocycles. The Hall–Kier alpha value is -0.830. The third kappa shape index (κ3) is 2.31. The second-order valence-electron chi connectivity index (χ2n) is 3.65. The molecule has 1 aromatic heterocycles. The zero-order valence-corrected chi connectivity index (χ0v) is 8.09. The first-order valence-corrected chi connectivity index (χ1v) is 4.50. The minimum absolute atomic E-state index is 0.0331. The molecule has 0 radical (unpaired) electrons. The number of furan rings is 1. The van der Waals surface area contributed by atoms with Crippen molar-refractivity contribution in [1.29, 1.82) is 0 Å². The summed E-state index contributed by atoms with van der Waals surface area (Å²) in [6.07, 6.45) is 1.81. The van der Waals surface area contributed by atoms with Gasteiger partial charge in [0, 0.05) is 13.0 Å². The largest absolute Gasteiger partial charge is 0.469 e. The van der Waals surface area contributed by atoms with E-state index in [0.717, 1.165) is 0 Å². The molecule has 3 heteroatoms. The summed E-state index contributed by atoms with van der Waals surface area (Å²) in [5.74, 6) is 0.559. The Morgan fingerprint density at radius 1 is 1.62 bits per heavy atom. The first-order valence-electron chi connectivity index (χ1n) is 4.50. The Kier molecular flexibility index (Phi) is 3.09. The molecule has 0 amide bonds. The molecule has 1 unspecified atom stereocenters. The molecule has 0 spiro atoms. The summed E-state index contributed by atoms with van der Waals surface area (Å²) >= 11 is 0. The maximum Gasteiger partial charge on any atom is 0.132 e. The Bertz CT molecular complexity index is 245. The van der Waals surface area contributed by atoms with Gasteiger partial charge in [0.15, 0.2) is 0 Å². The van der Waals surface area contributed by atoms with E-state index in [0.29, 0.717) is 5.76 Å². The zero-order valence-electron chi connectivity index (χ0n) is 8.09. The van der Waals surface area contributed by atoms with Gasteiger partial charge in [0.05, 0.1) is 6.26 Å². The van der Waals surface area contributed by atoms with Crippen LogP contribution in [-0.2, 0) is 6.42 Å². The van der Waals surface area contributed by atoms with Crippen LogP contribution in [0.4, 0.5) is 4.39 Å². The van der Waals surface area contributed by atoms with E-state index in [2.05, 4.69) is 0 Å². The minimum Gasteiger partial charge on any atom is -0.469 e. The van der Waals surface area contributed by atoms with Gasteiger partial charge in [-0.05, 0) is 18.1 Å². The van der Waals surface area contributed by atoms with Crippen molar-refractivity contribution in [3.8, 4) is 0 Å². The summed E-state index contributed by atoms with van der Waals surface area (Å²) in [5, 5.41) is 0. The van der Waals surface area contributed by atoms with Gasteiger partial charge in [0.2, 0.25) is 0 Å². The van der Waals surface area contributed by atoms with Crippen molar-refractivity contribution in [1.82, 2.24) is 0 Å². The highest BCUT2D eigenvalue weighted by molar-refractivity contribution is 5.04. The summed E-state index contributed by atoms with van der Waals surface area (Å²) in [6.45, 7) is 3.69. The second-order valence-corrected chi connectivity index (χ2v) is 3.65. The van der Waals surface area contributed by atoms with Gasteiger partial charge in [-0.15, -0.1) is 0 Å². The van der Waals surface area contributed by atoms with E-state index in [9.17, 15) is 4.39 Å². The van der Waals surface area contributed by atoms with Crippen LogP contribution in [-0.4, -0.2) is 12.2 Å². The monoisotopic (exact) mass is 185 g/mol. The molecule has 0 saturated carbocycles. The highest BCUT2D eigenvalue weighted by atomic mass is 19.1. The van der Waals surface area contributed by atoms with Crippen LogP contribution in [0.1, 0.15) is 19.6 Å². The SMILES string of the molecule is CC(C)C(F)(CN)Cc1ccco1. The fourth-order valence-corrected chi connectivity index (χ4v) is 1.21. The van der Waals surface area contributed by atoms with Crippen LogP contribution in [0.25, 0.3) is 0 Å². The van der Waals surface area contributed by atoms with Crippen molar-refractivity contribution < 1.29 is 8.81 Å². The van der Waals surface area contributed by atoms with Gasteiger partial charge in [-0.3, -0.25) is 0 Å². The quantitative estimate of drug-likeness (QED) is 0.780. The molecule has 13 heavy (non-hydrogen) atoms. The second kappa shape index (κ2) is 3.92. The Morgan fingerprint density at radius 2 is 2.31 bits per heavy atom. The van der Waals surface area contributed by atoms with Gasteiger partial charge < -0.3 is 10.2 Å². The molecular formula is C10H16FNO. The molecule has 1 rings (SSSR count). The highest BCUT2D eigenvalue weighted by Crippen LogP contribution is 2.25. The molecule has 1 heterocycles. The van der Waals surface area contributed by atoms with E-state index in [-0.39, 0.29) is 18.9 Å². The van der Waals surface area contributed by atoms with Crippen molar-refractivity contribution in [2.75, 3.05) is 6.54 Å². The molecule has 1 aromatic rings. The van der Waals surface area contributed by atoms with Gasteiger partial charge in [-0.25, -0.2) is 4.39 Å². The molecule has 1 atom stereocenters. The van der Waals surface area contributed by atoms with Gasteiger partial charge in [0.25, 0.3) is 0 Å². The standard InChI is InChI=1S/C10H16FNO/c1-8(2)10(11,7-12)6-9-4-3-5-13-9/h3-5,8H,6-7,12H2,1-2H3. The van der Waals surface area contributed by atoms with Crippen LogP contribution in [0.15, 0.2) is 22.8 Å². The molecule has 0 bridgehead atoms. The normalized spacial score (nSPS) is 16.1. The molecule has 0 aliphatic rings. The predicted molar refractivity (Wildman–Crippen MR) is 50.1 cm³/mol. The van der Waals surface area contributed by atoms with E-state index >= 15 is 0 Å². The molecule has 0 fully saturated rings. The van der Waals surface area contributed by atoms with E-state index < -0.39 is 5.67 Å². The smallest absolute Gasteiger partial charge is 0.132 e. The van der Waals surface area contributed by atoms with Crippen molar-refractivity contribution in [2.24, 2.45) is 11.7 Å². The summed E-state index contributed by atoms with van der Waals surface area (Å²) in [5.41, 5.74) is 4.06. The summed E-state index contributed by atoms with van der Waals surface area (Å²) < 4.78 is 19.1. The maximum absolute atomic E-state index is 14.0. The Labute approximate surface area is 77.9 Å². The average molecular weight is 185 g/mol. The van der Waals surface area contributed by atoms with Gasteiger partial charge in [0.1, 0.15) is 11.4 Å². The number of rotatable bonds is 4. The number of hydrogen-bond donors (Lipinski definition) is 1. The molecule has 0 aromatic carbocycles. The van der Waals surface area contributed by atoms with Crippen LogP contribution >= 0.6 is 0 Å². The summed E-state index contributed by atoms with van der Waals surface area (Å²) in [7, 11) is 0. The molecule has 0 aliphatic heterocycles. The van der Waals surface area contributed by atoms with Crippen molar-refractivity contribution in [3.63, 3.8) is 0 Å². The third-order valence-electron chi connectivity index (χ3n) is 2.42. The van der Waals surface area contributed by atoms with Crippen LogP contribution in [0.5, 0.6) is 0 Å². The fraction of sp³-hybridized carbons (Fsp3) is 0.600. The van der Waals surface area contributed by atoms with E-state index in [4.69, 9.17) is 10.2 Å². The lowest BCUT2D eigenvalue weighted by Crippen LogP contribution is -2.40. The Balaban J connectivity index is 2.69. The minimum atomic E-state index is -1.35. The van der Waals surface area contributed by atoms with Crippen molar-refractivity contribution >= 4 is 0 Å². The number of hydrogen-bond acceptors (Lipinski definition) is 2. The molecule has 2 N–H and O–H groups in total. The lowest BCUT2D eigenvalue weighted by molar-refractivity contribution is 0.103. The van der Waals surface area contributed by atoms with E-state index in [1.54, 1.807) is 18.4 Å². The molecule has 74 valence electrons. The van der Waals surface area contributed by atoms with Gasteiger partial charge in [-0.2, -0.15) is 0 Å². The predicted octanol–water partition coefficient (Wildman–Crippen LogP) is 2.15. The number of nitrogens with two attached hydrogens (primary N) is 1.